The summed E-state index contributed by atoms with van der Waals surface area (Å²) in [5, 5.41) is 5.05. The molecule has 2 aromatic rings. The minimum Gasteiger partial charge on any atom is -0.472 e. The van der Waals surface area contributed by atoms with E-state index in [1.54, 1.807) is 6.07 Å². The van der Waals surface area contributed by atoms with Crippen LogP contribution in [-0.2, 0) is 0 Å². The summed E-state index contributed by atoms with van der Waals surface area (Å²) < 4.78 is 31.9. The van der Waals surface area contributed by atoms with Crippen LogP contribution in [0.4, 0.5) is 19.3 Å². The van der Waals surface area contributed by atoms with Gasteiger partial charge in [0.05, 0.1) is 5.02 Å². The highest BCUT2D eigenvalue weighted by Gasteiger charge is 2.11. The number of rotatable bonds is 4. The Morgan fingerprint density at radius 3 is 2.45 bits per heavy atom. The van der Waals surface area contributed by atoms with Gasteiger partial charge in [0.15, 0.2) is 6.73 Å². The number of halogens is 4. The van der Waals surface area contributed by atoms with Gasteiger partial charge in [-0.25, -0.2) is 13.6 Å². The van der Waals surface area contributed by atoms with Crippen LogP contribution >= 0.6 is 23.2 Å². The van der Waals surface area contributed by atoms with Gasteiger partial charge in [0, 0.05) is 5.02 Å². The van der Waals surface area contributed by atoms with Gasteiger partial charge in [-0.3, -0.25) is 0 Å². The lowest BCUT2D eigenvalue weighted by Gasteiger charge is -2.11. The first-order valence-electron chi connectivity index (χ1n) is 6.04. The molecule has 0 spiro atoms. The highest BCUT2D eigenvalue weighted by atomic mass is 35.5. The van der Waals surface area contributed by atoms with Crippen molar-refractivity contribution >= 4 is 34.9 Å². The summed E-state index contributed by atoms with van der Waals surface area (Å²) in [6.45, 7) is -0.247. The number of urea groups is 1. The molecule has 22 heavy (non-hydrogen) atoms. The number of hydrogen-bond donors (Lipinski definition) is 2. The molecule has 0 radical (unpaired) electrons. The van der Waals surface area contributed by atoms with Crippen LogP contribution in [0.3, 0.4) is 0 Å². The van der Waals surface area contributed by atoms with Crippen molar-refractivity contribution < 1.29 is 18.3 Å². The van der Waals surface area contributed by atoms with E-state index in [0.29, 0.717) is 10.8 Å². The Balaban J connectivity index is 1.88. The summed E-state index contributed by atoms with van der Waals surface area (Å²) in [5.41, 5.74) is -0.537. The van der Waals surface area contributed by atoms with E-state index in [9.17, 15) is 13.6 Å². The van der Waals surface area contributed by atoms with Gasteiger partial charge in [-0.2, -0.15) is 0 Å². The SMILES string of the molecule is O=C(NCOc1ccc(Cl)cc1Cl)Nc1c(F)cccc1F. The van der Waals surface area contributed by atoms with E-state index < -0.39 is 23.4 Å². The molecule has 0 heterocycles. The second-order valence-electron chi connectivity index (χ2n) is 4.09. The monoisotopic (exact) mass is 346 g/mol. The van der Waals surface area contributed by atoms with E-state index in [0.717, 1.165) is 12.1 Å². The van der Waals surface area contributed by atoms with E-state index in [1.807, 2.05) is 0 Å². The zero-order chi connectivity index (χ0) is 16.1. The molecule has 0 aliphatic carbocycles. The molecule has 2 aromatic carbocycles. The van der Waals surface area contributed by atoms with E-state index in [1.165, 1.54) is 18.2 Å². The van der Waals surface area contributed by atoms with Crippen molar-refractivity contribution in [3.63, 3.8) is 0 Å². The number of carbonyl (C=O) groups is 1. The molecular weight excluding hydrogens is 337 g/mol. The molecule has 0 saturated carbocycles. The number of carbonyl (C=O) groups excluding carboxylic acids is 1. The average Bonchev–Trinajstić information content (AvgIpc) is 2.45. The third kappa shape index (κ3) is 4.22. The average molecular weight is 347 g/mol. The highest BCUT2D eigenvalue weighted by molar-refractivity contribution is 6.35. The fourth-order valence-electron chi connectivity index (χ4n) is 1.55. The van der Waals surface area contributed by atoms with Crippen LogP contribution in [0.5, 0.6) is 5.75 Å². The molecule has 2 amide bonds. The van der Waals surface area contributed by atoms with E-state index in [4.69, 9.17) is 27.9 Å². The summed E-state index contributed by atoms with van der Waals surface area (Å²) >= 11 is 11.6. The lowest BCUT2D eigenvalue weighted by Crippen LogP contribution is -2.32. The molecule has 0 atom stereocenters. The number of para-hydroxylation sites is 1. The first-order valence-corrected chi connectivity index (χ1v) is 6.79. The van der Waals surface area contributed by atoms with Gasteiger partial charge in [0.2, 0.25) is 0 Å². The fraction of sp³-hybridized carbons (Fsp3) is 0.0714. The van der Waals surface area contributed by atoms with Crippen molar-refractivity contribution in [2.24, 2.45) is 0 Å². The van der Waals surface area contributed by atoms with Gasteiger partial charge in [0.25, 0.3) is 0 Å². The molecule has 0 aliphatic rings. The maximum absolute atomic E-state index is 13.3. The fourth-order valence-corrected chi connectivity index (χ4v) is 2.01. The van der Waals surface area contributed by atoms with Crippen LogP contribution in [0.2, 0.25) is 10.0 Å². The quantitative estimate of drug-likeness (QED) is 0.804. The molecule has 116 valence electrons. The summed E-state index contributed by atoms with van der Waals surface area (Å²) in [6.07, 6.45) is 0. The molecule has 0 bridgehead atoms. The Hall–Kier alpha value is -2.05. The molecule has 0 fully saturated rings. The molecular formula is C14H10Cl2F2N2O2. The van der Waals surface area contributed by atoms with Gasteiger partial charge in [-0.15, -0.1) is 0 Å². The van der Waals surface area contributed by atoms with Crippen molar-refractivity contribution in [3.05, 3.63) is 58.1 Å². The lowest BCUT2D eigenvalue weighted by molar-refractivity contribution is 0.234. The van der Waals surface area contributed by atoms with Gasteiger partial charge in [-0.1, -0.05) is 29.3 Å². The van der Waals surface area contributed by atoms with Crippen LogP contribution in [0.1, 0.15) is 0 Å². The van der Waals surface area contributed by atoms with Crippen molar-refractivity contribution in [2.75, 3.05) is 12.0 Å². The number of nitrogens with one attached hydrogen (secondary N) is 2. The molecule has 2 rings (SSSR count). The Kier molecular flexibility index (Phi) is 5.41. The van der Waals surface area contributed by atoms with Crippen LogP contribution in [0, 0.1) is 11.6 Å². The lowest BCUT2D eigenvalue weighted by atomic mass is 10.3. The Bertz CT molecular complexity index is 678. The second-order valence-corrected chi connectivity index (χ2v) is 4.93. The zero-order valence-corrected chi connectivity index (χ0v) is 12.5. The van der Waals surface area contributed by atoms with Gasteiger partial charge in [-0.05, 0) is 30.3 Å². The topological polar surface area (TPSA) is 50.4 Å². The molecule has 0 aliphatic heterocycles. The highest BCUT2D eigenvalue weighted by Crippen LogP contribution is 2.27. The van der Waals surface area contributed by atoms with Crippen molar-refractivity contribution in [3.8, 4) is 5.75 Å². The number of benzene rings is 2. The third-order valence-electron chi connectivity index (χ3n) is 2.56. The Morgan fingerprint density at radius 1 is 1.14 bits per heavy atom. The Morgan fingerprint density at radius 2 is 1.82 bits per heavy atom. The predicted octanol–water partition coefficient (Wildman–Crippen LogP) is 4.43. The van der Waals surface area contributed by atoms with E-state index >= 15 is 0 Å². The summed E-state index contributed by atoms with van der Waals surface area (Å²) in [5.74, 6) is -1.45. The van der Waals surface area contributed by atoms with Crippen molar-refractivity contribution in [1.82, 2.24) is 5.32 Å². The molecule has 4 nitrogen and oxygen atoms in total. The number of ether oxygens (including phenoxy) is 1. The smallest absolute Gasteiger partial charge is 0.322 e. The van der Waals surface area contributed by atoms with Gasteiger partial charge < -0.3 is 15.4 Å². The normalized spacial score (nSPS) is 10.2. The molecule has 2 N–H and O–H groups in total. The molecule has 0 unspecified atom stereocenters. The molecule has 0 saturated heterocycles. The van der Waals surface area contributed by atoms with Crippen molar-refractivity contribution in [1.29, 1.82) is 0 Å². The van der Waals surface area contributed by atoms with Crippen LogP contribution < -0.4 is 15.4 Å². The maximum Gasteiger partial charge on any atom is 0.322 e. The predicted molar refractivity (Wildman–Crippen MR) is 80.5 cm³/mol. The molecule has 8 heteroatoms. The van der Waals surface area contributed by atoms with Crippen molar-refractivity contribution in [2.45, 2.75) is 0 Å². The maximum atomic E-state index is 13.3. The van der Waals surface area contributed by atoms with Gasteiger partial charge in [0.1, 0.15) is 23.1 Å². The van der Waals surface area contributed by atoms with Gasteiger partial charge >= 0.3 is 6.03 Å². The zero-order valence-electron chi connectivity index (χ0n) is 11.0. The second kappa shape index (κ2) is 7.29. The Labute approximate surface area is 135 Å². The first kappa shape index (κ1) is 16.3. The first-order chi connectivity index (χ1) is 10.5. The van der Waals surface area contributed by atoms with E-state index in [-0.39, 0.29) is 11.8 Å². The largest absolute Gasteiger partial charge is 0.472 e. The third-order valence-corrected chi connectivity index (χ3v) is 3.09. The number of amides is 2. The summed E-state index contributed by atoms with van der Waals surface area (Å²) in [4.78, 5) is 11.6. The molecule has 0 aromatic heterocycles. The number of hydrogen-bond acceptors (Lipinski definition) is 2. The number of anilines is 1. The summed E-state index contributed by atoms with van der Waals surface area (Å²) in [7, 11) is 0. The van der Waals surface area contributed by atoms with Crippen LogP contribution in [0.25, 0.3) is 0 Å². The minimum absolute atomic E-state index is 0.247. The minimum atomic E-state index is -0.878. The standard InChI is InChI=1S/C14H10Cl2F2N2O2/c15-8-4-5-12(9(16)6-8)22-7-19-14(21)20-13-10(17)2-1-3-11(13)18/h1-6H,7H2,(H2,19,20,21). The van der Waals surface area contributed by atoms with E-state index in [2.05, 4.69) is 10.6 Å². The van der Waals surface area contributed by atoms with Crippen LogP contribution in [0.15, 0.2) is 36.4 Å². The van der Waals surface area contributed by atoms with Crippen LogP contribution in [-0.4, -0.2) is 12.8 Å². The summed E-state index contributed by atoms with van der Waals surface area (Å²) in [6, 6.07) is 7.00.